The first kappa shape index (κ1) is 16.6. The molecule has 0 aliphatic heterocycles. The summed E-state index contributed by atoms with van der Waals surface area (Å²) in [6.45, 7) is 0.260. The minimum atomic E-state index is -0.0194. The highest BCUT2D eigenvalue weighted by atomic mass is 16.5. The van der Waals surface area contributed by atoms with Crippen LogP contribution in [-0.4, -0.2) is 21.9 Å². The highest BCUT2D eigenvalue weighted by molar-refractivity contribution is 5.28. The second kappa shape index (κ2) is 9.43. The molecular weight excluding hydrogens is 268 g/mol. The molecule has 2 aromatic carbocycles. The predicted molar refractivity (Wildman–Crippen MR) is 80.7 cm³/mol. The van der Waals surface area contributed by atoms with Crippen molar-refractivity contribution in [1.29, 1.82) is 0 Å². The molecule has 0 fully saturated rings. The molecule has 21 heavy (non-hydrogen) atoms. The average Bonchev–Trinajstić information content (AvgIpc) is 2.53. The van der Waals surface area contributed by atoms with Crippen molar-refractivity contribution in [3.63, 3.8) is 0 Å². The first-order chi connectivity index (χ1) is 10.2. The summed E-state index contributed by atoms with van der Waals surface area (Å²) in [6, 6.07) is 13.7. The lowest BCUT2D eigenvalue weighted by molar-refractivity contribution is 0.280. The zero-order valence-electron chi connectivity index (χ0n) is 11.6. The number of phenols is 1. The lowest BCUT2D eigenvalue weighted by Gasteiger charge is -2.02. The number of terminal acetylenes is 1. The van der Waals surface area contributed by atoms with Gasteiger partial charge in [0.05, 0.1) is 13.2 Å². The molecule has 0 amide bonds. The number of ether oxygens (including phenoxy) is 1. The zero-order valence-corrected chi connectivity index (χ0v) is 11.6. The Morgan fingerprint density at radius 1 is 0.952 bits per heavy atom. The molecule has 0 bridgehead atoms. The summed E-state index contributed by atoms with van der Waals surface area (Å²) in [4.78, 5) is 0. The van der Waals surface area contributed by atoms with E-state index < -0.39 is 0 Å². The van der Waals surface area contributed by atoms with Crippen molar-refractivity contribution in [3.05, 3.63) is 59.7 Å². The van der Waals surface area contributed by atoms with Gasteiger partial charge in [0.1, 0.15) is 18.1 Å². The van der Waals surface area contributed by atoms with E-state index in [1.807, 2.05) is 12.1 Å². The Balaban J connectivity index is 0.000000219. The molecule has 0 heterocycles. The summed E-state index contributed by atoms with van der Waals surface area (Å²) in [6.07, 6.45) is 5.02. The maximum absolute atomic E-state index is 8.83. The smallest absolute Gasteiger partial charge is 0.148 e. The van der Waals surface area contributed by atoms with Crippen LogP contribution >= 0.6 is 0 Å². The number of rotatable bonds is 4. The Bertz CT molecular complexity index is 587. The number of hydrogen-bond donors (Lipinski definition) is 3. The molecular formula is C17H18O4. The second-order valence-electron chi connectivity index (χ2n) is 4.13. The third-order valence-electron chi connectivity index (χ3n) is 2.50. The summed E-state index contributed by atoms with van der Waals surface area (Å²) >= 11 is 0. The maximum Gasteiger partial charge on any atom is 0.148 e. The van der Waals surface area contributed by atoms with Crippen molar-refractivity contribution >= 4 is 0 Å². The van der Waals surface area contributed by atoms with Crippen LogP contribution in [0.3, 0.4) is 0 Å². The molecule has 2 aromatic rings. The largest absolute Gasteiger partial charge is 0.508 e. The van der Waals surface area contributed by atoms with E-state index in [-0.39, 0.29) is 25.6 Å². The quantitative estimate of drug-likeness (QED) is 0.753. The van der Waals surface area contributed by atoms with Crippen LogP contribution in [0.5, 0.6) is 11.5 Å². The van der Waals surface area contributed by atoms with Crippen LogP contribution in [0.15, 0.2) is 48.5 Å². The highest BCUT2D eigenvalue weighted by Crippen LogP contribution is 2.12. The van der Waals surface area contributed by atoms with Crippen LogP contribution in [0.4, 0.5) is 0 Å². The molecule has 0 aliphatic carbocycles. The van der Waals surface area contributed by atoms with Gasteiger partial charge in [-0.1, -0.05) is 30.2 Å². The monoisotopic (exact) mass is 286 g/mol. The van der Waals surface area contributed by atoms with Crippen LogP contribution in [0.25, 0.3) is 0 Å². The third-order valence-corrected chi connectivity index (χ3v) is 2.50. The van der Waals surface area contributed by atoms with Crippen LogP contribution in [0.2, 0.25) is 0 Å². The van der Waals surface area contributed by atoms with E-state index in [9.17, 15) is 0 Å². The van der Waals surface area contributed by atoms with Gasteiger partial charge in [-0.2, -0.15) is 0 Å². The number of aromatic hydroxyl groups is 1. The molecule has 0 unspecified atom stereocenters. The van der Waals surface area contributed by atoms with E-state index in [1.165, 1.54) is 6.07 Å². The van der Waals surface area contributed by atoms with Crippen LogP contribution in [0, 0.1) is 12.3 Å². The van der Waals surface area contributed by atoms with E-state index in [0.29, 0.717) is 5.75 Å². The minimum Gasteiger partial charge on any atom is -0.508 e. The van der Waals surface area contributed by atoms with Crippen LogP contribution in [-0.2, 0) is 13.2 Å². The number of aliphatic hydroxyl groups excluding tert-OH is 2. The lowest BCUT2D eigenvalue weighted by atomic mass is 10.2. The highest BCUT2D eigenvalue weighted by Gasteiger charge is 1.93. The van der Waals surface area contributed by atoms with Gasteiger partial charge in [0.25, 0.3) is 0 Å². The standard InChI is InChI=1S/C10H10O2.C7H8O2/c1-2-6-12-10-5-3-4-9(7-10)8-11;8-5-6-2-1-3-7(9)4-6/h1,3-5,7,11H,6,8H2;1-4,8-9H,5H2. The number of benzene rings is 2. The maximum atomic E-state index is 8.83. The summed E-state index contributed by atoms with van der Waals surface area (Å²) in [5.74, 6) is 3.26. The molecule has 0 atom stereocenters. The Hall–Kier alpha value is -2.48. The number of aliphatic hydroxyl groups is 2. The van der Waals surface area contributed by atoms with Crippen molar-refractivity contribution in [2.75, 3.05) is 6.61 Å². The molecule has 3 N–H and O–H groups in total. The van der Waals surface area contributed by atoms with Gasteiger partial charge in [-0.3, -0.25) is 0 Å². The topological polar surface area (TPSA) is 69.9 Å². The average molecular weight is 286 g/mol. The summed E-state index contributed by atoms with van der Waals surface area (Å²) < 4.78 is 5.15. The summed E-state index contributed by atoms with van der Waals surface area (Å²) in [5.41, 5.74) is 1.56. The number of phenolic OH excluding ortho intramolecular Hbond substituents is 1. The van der Waals surface area contributed by atoms with E-state index in [0.717, 1.165) is 11.1 Å². The predicted octanol–water partition coefficient (Wildman–Crippen LogP) is 2.08. The SMILES string of the molecule is C#CCOc1cccc(CO)c1.OCc1cccc(O)c1. The Morgan fingerprint density at radius 2 is 1.57 bits per heavy atom. The normalized spacial score (nSPS) is 9.19. The molecule has 4 heteroatoms. The molecule has 0 aliphatic rings. The van der Waals surface area contributed by atoms with Gasteiger partial charge in [-0.05, 0) is 35.4 Å². The molecule has 0 radical (unpaired) electrons. The fourth-order valence-electron chi connectivity index (χ4n) is 1.51. The molecule has 0 aromatic heterocycles. The first-order valence-electron chi connectivity index (χ1n) is 6.34. The van der Waals surface area contributed by atoms with Gasteiger partial charge in [0.15, 0.2) is 0 Å². The molecule has 2 rings (SSSR count). The van der Waals surface area contributed by atoms with Crippen LogP contribution < -0.4 is 4.74 Å². The molecule has 110 valence electrons. The first-order valence-corrected chi connectivity index (χ1v) is 6.34. The van der Waals surface area contributed by atoms with Gasteiger partial charge in [0.2, 0.25) is 0 Å². The van der Waals surface area contributed by atoms with Gasteiger partial charge < -0.3 is 20.1 Å². The van der Waals surface area contributed by atoms with Crippen molar-refractivity contribution in [2.45, 2.75) is 13.2 Å². The molecule has 0 saturated carbocycles. The Kier molecular flexibility index (Phi) is 7.44. The van der Waals surface area contributed by atoms with Crippen molar-refractivity contribution in [1.82, 2.24) is 0 Å². The zero-order chi connectivity index (χ0) is 15.5. The molecule has 0 spiro atoms. The molecule has 0 saturated heterocycles. The Morgan fingerprint density at radius 3 is 2.10 bits per heavy atom. The molecule has 4 nitrogen and oxygen atoms in total. The summed E-state index contributed by atoms with van der Waals surface area (Å²) in [7, 11) is 0. The van der Waals surface area contributed by atoms with Gasteiger partial charge in [-0.15, -0.1) is 6.42 Å². The van der Waals surface area contributed by atoms with Gasteiger partial charge in [0, 0.05) is 0 Å². The Labute approximate surface area is 124 Å². The van der Waals surface area contributed by atoms with Crippen molar-refractivity contribution in [2.24, 2.45) is 0 Å². The number of hydrogen-bond acceptors (Lipinski definition) is 4. The van der Waals surface area contributed by atoms with Crippen molar-refractivity contribution in [3.8, 4) is 23.8 Å². The van der Waals surface area contributed by atoms with Gasteiger partial charge >= 0.3 is 0 Å². The van der Waals surface area contributed by atoms with Crippen LogP contribution in [0.1, 0.15) is 11.1 Å². The lowest BCUT2D eigenvalue weighted by Crippen LogP contribution is -1.94. The van der Waals surface area contributed by atoms with Crippen molar-refractivity contribution < 1.29 is 20.1 Å². The second-order valence-corrected chi connectivity index (χ2v) is 4.13. The van der Waals surface area contributed by atoms with Gasteiger partial charge in [-0.25, -0.2) is 0 Å². The van der Waals surface area contributed by atoms with E-state index in [1.54, 1.807) is 30.3 Å². The van der Waals surface area contributed by atoms with E-state index in [2.05, 4.69) is 5.92 Å². The fourth-order valence-corrected chi connectivity index (χ4v) is 1.51. The third kappa shape index (κ3) is 6.48. The fraction of sp³-hybridized carbons (Fsp3) is 0.176. The minimum absolute atomic E-state index is 0.0194. The van der Waals surface area contributed by atoms with E-state index >= 15 is 0 Å². The summed E-state index contributed by atoms with van der Waals surface area (Å²) in [5, 5.41) is 26.2. The van der Waals surface area contributed by atoms with E-state index in [4.69, 9.17) is 26.5 Å².